The lowest BCUT2D eigenvalue weighted by Gasteiger charge is -2.27. The first kappa shape index (κ1) is 20.3. The first-order chi connectivity index (χ1) is 14.8. The van der Waals surface area contributed by atoms with E-state index < -0.39 is 17.8 Å². The van der Waals surface area contributed by atoms with Crippen LogP contribution in [0.5, 0.6) is 0 Å². The van der Waals surface area contributed by atoms with Gasteiger partial charge in [0.15, 0.2) is 0 Å². The van der Waals surface area contributed by atoms with Gasteiger partial charge in [-0.15, -0.1) is 0 Å². The number of barbiturate groups is 1. The zero-order chi connectivity index (χ0) is 22.3. The zero-order valence-electron chi connectivity index (χ0n) is 17.3. The normalized spacial score (nSPS) is 15.5. The summed E-state index contributed by atoms with van der Waals surface area (Å²) < 4.78 is 15.2. The van der Waals surface area contributed by atoms with E-state index in [1.54, 1.807) is 43.3 Å². The number of urea groups is 1. The Bertz CT molecular complexity index is 1260. The number of hydrogen-bond acceptors (Lipinski definition) is 3. The minimum atomic E-state index is -0.779. The second kappa shape index (κ2) is 7.68. The summed E-state index contributed by atoms with van der Waals surface area (Å²) in [5.41, 5.74) is 4.05. The monoisotopic (exact) mass is 417 g/mol. The van der Waals surface area contributed by atoms with Gasteiger partial charge in [0.25, 0.3) is 11.8 Å². The molecule has 4 amide bonds. The molecule has 0 atom stereocenters. The first-order valence-corrected chi connectivity index (χ1v) is 9.70. The molecule has 6 nitrogen and oxygen atoms in total. The summed E-state index contributed by atoms with van der Waals surface area (Å²) in [6.45, 7) is 5.51. The summed E-state index contributed by atoms with van der Waals surface area (Å²) in [5.74, 6) is -1.76. The fourth-order valence-corrected chi connectivity index (χ4v) is 3.77. The van der Waals surface area contributed by atoms with Crippen molar-refractivity contribution < 1.29 is 18.8 Å². The number of carbonyl (C=O) groups is 3. The van der Waals surface area contributed by atoms with E-state index in [1.165, 1.54) is 18.2 Å². The maximum absolute atomic E-state index is 13.3. The summed E-state index contributed by atoms with van der Waals surface area (Å²) in [6.07, 6.45) is 1.48. The number of rotatable bonds is 3. The van der Waals surface area contributed by atoms with E-state index in [1.807, 2.05) is 24.5 Å². The number of amides is 4. The maximum Gasteiger partial charge on any atom is 0.335 e. The van der Waals surface area contributed by atoms with Crippen molar-refractivity contribution in [3.63, 3.8) is 0 Å². The van der Waals surface area contributed by atoms with Crippen molar-refractivity contribution in [1.82, 2.24) is 9.88 Å². The average molecular weight is 417 g/mol. The number of imide groups is 2. The van der Waals surface area contributed by atoms with Crippen molar-refractivity contribution in [3.8, 4) is 5.69 Å². The van der Waals surface area contributed by atoms with E-state index in [9.17, 15) is 18.8 Å². The Hall–Kier alpha value is -4.00. The summed E-state index contributed by atoms with van der Waals surface area (Å²) in [6, 6.07) is 14.1. The standard InChI is InChI=1S/C24H20FN3O3/c1-14-6-4-5-7-21(14)28-23(30)20(22(29)26-24(28)31)13-17-12-15(2)27(16(17)3)19-10-8-18(25)9-11-19/h4-13H,1-3H3,(H,26,29,31). The lowest BCUT2D eigenvalue weighted by Crippen LogP contribution is -2.54. The van der Waals surface area contributed by atoms with Crippen molar-refractivity contribution in [2.24, 2.45) is 0 Å². The number of carbonyl (C=O) groups excluding carboxylic acids is 3. The SMILES string of the molecule is Cc1ccccc1N1C(=O)NC(=O)C(=Cc2cc(C)n(-c3ccc(F)cc3)c2C)C1=O. The molecule has 0 bridgehead atoms. The molecule has 0 unspecified atom stereocenters. The maximum atomic E-state index is 13.3. The lowest BCUT2D eigenvalue weighted by molar-refractivity contribution is -0.122. The van der Waals surface area contributed by atoms with Gasteiger partial charge >= 0.3 is 6.03 Å². The molecule has 1 aliphatic rings. The number of nitrogens with zero attached hydrogens (tertiary/aromatic N) is 2. The predicted molar refractivity (Wildman–Crippen MR) is 115 cm³/mol. The molecule has 0 radical (unpaired) electrons. The van der Waals surface area contributed by atoms with Crippen molar-refractivity contribution in [2.45, 2.75) is 20.8 Å². The highest BCUT2D eigenvalue weighted by atomic mass is 19.1. The third kappa shape index (κ3) is 3.54. The molecule has 1 saturated heterocycles. The average Bonchev–Trinajstić information content (AvgIpc) is 3.00. The van der Waals surface area contributed by atoms with Gasteiger partial charge in [-0.1, -0.05) is 18.2 Å². The van der Waals surface area contributed by atoms with Gasteiger partial charge < -0.3 is 4.57 Å². The fraction of sp³-hybridized carbons (Fsp3) is 0.125. The molecule has 1 aromatic heterocycles. The largest absolute Gasteiger partial charge is 0.335 e. The molecule has 1 aliphatic heterocycles. The van der Waals surface area contributed by atoms with Crippen LogP contribution < -0.4 is 10.2 Å². The van der Waals surface area contributed by atoms with Crippen LogP contribution in [0.3, 0.4) is 0 Å². The number of anilines is 1. The van der Waals surface area contributed by atoms with Crippen LogP contribution in [-0.4, -0.2) is 22.4 Å². The van der Waals surface area contributed by atoms with Gasteiger partial charge in [-0.3, -0.25) is 14.9 Å². The summed E-state index contributed by atoms with van der Waals surface area (Å²) >= 11 is 0. The number of halogens is 1. The van der Waals surface area contributed by atoms with Crippen LogP contribution in [-0.2, 0) is 9.59 Å². The molecule has 3 aromatic rings. The van der Waals surface area contributed by atoms with E-state index in [0.29, 0.717) is 11.3 Å². The molecule has 7 heteroatoms. The van der Waals surface area contributed by atoms with E-state index in [2.05, 4.69) is 5.32 Å². The van der Waals surface area contributed by atoms with Gasteiger partial charge in [-0.25, -0.2) is 14.1 Å². The van der Waals surface area contributed by atoms with Crippen molar-refractivity contribution >= 4 is 29.6 Å². The Balaban J connectivity index is 1.77. The number of hydrogen-bond donors (Lipinski definition) is 1. The Morgan fingerprint density at radius 1 is 0.935 bits per heavy atom. The molecule has 0 saturated carbocycles. The highest BCUT2D eigenvalue weighted by Gasteiger charge is 2.37. The summed E-state index contributed by atoms with van der Waals surface area (Å²) in [4.78, 5) is 39.0. The minimum Gasteiger partial charge on any atom is -0.318 e. The third-order valence-electron chi connectivity index (χ3n) is 5.31. The van der Waals surface area contributed by atoms with Crippen LogP contribution in [0.25, 0.3) is 11.8 Å². The molecule has 31 heavy (non-hydrogen) atoms. The smallest absolute Gasteiger partial charge is 0.318 e. The lowest BCUT2D eigenvalue weighted by atomic mass is 10.1. The molecule has 1 fully saturated rings. The number of aryl methyl sites for hydroxylation is 2. The topological polar surface area (TPSA) is 71.4 Å². The first-order valence-electron chi connectivity index (χ1n) is 9.70. The summed E-state index contributed by atoms with van der Waals surface area (Å²) in [7, 11) is 0. The summed E-state index contributed by atoms with van der Waals surface area (Å²) in [5, 5.41) is 2.25. The quantitative estimate of drug-likeness (QED) is 0.513. The molecular formula is C24H20FN3O3. The second-order valence-corrected chi connectivity index (χ2v) is 7.38. The third-order valence-corrected chi connectivity index (χ3v) is 5.31. The van der Waals surface area contributed by atoms with Crippen LogP contribution >= 0.6 is 0 Å². The van der Waals surface area contributed by atoms with Gasteiger partial charge in [0, 0.05) is 17.1 Å². The van der Waals surface area contributed by atoms with Gasteiger partial charge in [0.1, 0.15) is 11.4 Å². The van der Waals surface area contributed by atoms with Crippen LogP contribution in [0, 0.1) is 26.6 Å². The molecule has 1 N–H and O–H groups in total. The van der Waals surface area contributed by atoms with Crippen molar-refractivity contribution in [2.75, 3.05) is 4.90 Å². The molecule has 4 rings (SSSR count). The van der Waals surface area contributed by atoms with Gasteiger partial charge in [-0.05, 0) is 74.4 Å². The number of aromatic nitrogens is 1. The van der Waals surface area contributed by atoms with E-state index in [-0.39, 0.29) is 11.4 Å². The van der Waals surface area contributed by atoms with Crippen molar-refractivity contribution in [3.05, 3.63) is 88.5 Å². The number of benzene rings is 2. The van der Waals surface area contributed by atoms with Crippen LogP contribution in [0.4, 0.5) is 14.9 Å². The van der Waals surface area contributed by atoms with Crippen LogP contribution in [0.15, 0.2) is 60.2 Å². The van der Waals surface area contributed by atoms with E-state index in [0.717, 1.165) is 27.5 Å². The Morgan fingerprint density at radius 2 is 1.61 bits per heavy atom. The predicted octanol–water partition coefficient (Wildman–Crippen LogP) is 4.21. The van der Waals surface area contributed by atoms with Crippen LogP contribution in [0.1, 0.15) is 22.5 Å². The van der Waals surface area contributed by atoms with Gasteiger partial charge in [0.2, 0.25) is 0 Å². The Kier molecular flexibility index (Phi) is 5.02. The Labute approximate surface area is 178 Å². The molecule has 0 aliphatic carbocycles. The second-order valence-electron chi connectivity index (χ2n) is 7.38. The van der Waals surface area contributed by atoms with E-state index in [4.69, 9.17) is 0 Å². The van der Waals surface area contributed by atoms with E-state index >= 15 is 0 Å². The molecule has 2 aromatic carbocycles. The van der Waals surface area contributed by atoms with Crippen molar-refractivity contribution in [1.29, 1.82) is 0 Å². The number of para-hydroxylation sites is 1. The highest BCUT2D eigenvalue weighted by Crippen LogP contribution is 2.27. The van der Waals surface area contributed by atoms with Gasteiger partial charge in [0.05, 0.1) is 5.69 Å². The molecular weight excluding hydrogens is 397 g/mol. The molecule has 156 valence electrons. The molecule has 0 spiro atoms. The van der Waals surface area contributed by atoms with Crippen LogP contribution in [0.2, 0.25) is 0 Å². The Morgan fingerprint density at radius 3 is 2.29 bits per heavy atom. The zero-order valence-corrected chi connectivity index (χ0v) is 17.3. The van der Waals surface area contributed by atoms with Gasteiger partial charge in [-0.2, -0.15) is 0 Å². The molecule has 2 heterocycles. The minimum absolute atomic E-state index is 0.137. The highest BCUT2D eigenvalue weighted by molar-refractivity contribution is 6.39. The number of nitrogens with one attached hydrogen (secondary N) is 1. The fourth-order valence-electron chi connectivity index (χ4n) is 3.77.